The van der Waals surface area contributed by atoms with E-state index in [4.69, 9.17) is 14.0 Å². The van der Waals surface area contributed by atoms with E-state index in [2.05, 4.69) is 27.7 Å². The van der Waals surface area contributed by atoms with Crippen LogP contribution >= 0.6 is 0 Å². The van der Waals surface area contributed by atoms with Gasteiger partial charge in [-0.3, -0.25) is 0 Å². The maximum Gasteiger partial charge on any atom is 0.461 e. The van der Waals surface area contributed by atoms with E-state index in [1.165, 1.54) is 19.3 Å². The normalized spacial score (nSPS) is 36.2. The molecule has 1 aliphatic heterocycles. The summed E-state index contributed by atoms with van der Waals surface area (Å²) in [6, 6.07) is 0. The second-order valence-corrected chi connectivity index (χ2v) is 6.41. The van der Waals surface area contributed by atoms with Crippen LogP contribution in [0.15, 0.2) is 0 Å². The van der Waals surface area contributed by atoms with Crippen molar-refractivity contribution in [3.05, 3.63) is 0 Å². The van der Waals surface area contributed by atoms with Gasteiger partial charge < -0.3 is 14.0 Å². The fourth-order valence-corrected chi connectivity index (χ4v) is 2.72. The smallest absolute Gasteiger partial charge is 0.403 e. The number of hydrogen-bond acceptors (Lipinski definition) is 3. The van der Waals surface area contributed by atoms with E-state index in [9.17, 15) is 0 Å². The summed E-state index contributed by atoms with van der Waals surface area (Å²) in [5.41, 5.74) is -0.421. The third-order valence-corrected chi connectivity index (χ3v) is 4.66. The molecule has 1 saturated heterocycles. The van der Waals surface area contributed by atoms with Crippen molar-refractivity contribution in [2.45, 2.75) is 76.5 Å². The zero-order valence-electron chi connectivity index (χ0n) is 11.8. The van der Waals surface area contributed by atoms with Gasteiger partial charge in [0.1, 0.15) is 0 Å². The molecule has 2 aliphatic rings. The van der Waals surface area contributed by atoms with Gasteiger partial charge in [-0.1, -0.05) is 12.8 Å². The lowest BCUT2D eigenvalue weighted by Gasteiger charge is -2.32. The Kier molecular flexibility index (Phi) is 3.59. The minimum atomic E-state index is -0.211. The predicted molar refractivity (Wildman–Crippen MR) is 69.1 cm³/mol. The zero-order chi connectivity index (χ0) is 12.7. The van der Waals surface area contributed by atoms with Crippen LogP contribution in [0.25, 0.3) is 0 Å². The van der Waals surface area contributed by atoms with E-state index >= 15 is 0 Å². The topological polar surface area (TPSA) is 27.7 Å². The summed E-state index contributed by atoms with van der Waals surface area (Å²) in [7, 11) is 1.75. The monoisotopic (exact) mass is 240 g/mol. The Hall–Kier alpha value is -0.0551. The summed E-state index contributed by atoms with van der Waals surface area (Å²) in [5, 5.41) is 0. The van der Waals surface area contributed by atoms with Crippen molar-refractivity contribution in [2.75, 3.05) is 7.11 Å². The molecule has 2 atom stereocenters. The minimum Gasteiger partial charge on any atom is -0.403 e. The zero-order valence-corrected chi connectivity index (χ0v) is 11.8. The third-order valence-electron chi connectivity index (χ3n) is 4.66. The quantitative estimate of drug-likeness (QED) is 0.694. The first kappa shape index (κ1) is 13.4. The summed E-state index contributed by atoms with van der Waals surface area (Å²) >= 11 is 0. The van der Waals surface area contributed by atoms with Gasteiger partial charge in [-0.25, -0.2) is 0 Å². The van der Waals surface area contributed by atoms with Gasteiger partial charge in [0, 0.05) is 7.11 Å². The van der Waals surface area contributed by atoms with Crippen LogP contribution in [0, 0.1) is 0 Å². The Balaban J connectivity index is 2.00. The highest BCUT2D eigenvalue weighted by Crippen LogP contribution is 2.44. The number of methoxy groups -OCH3 is 1. The fraction of sp³-hybridized carbons (Fsp3) is 1.00. The van der Waals surface area contributed by atoms with E-state index in [0.717, 1.165) is 6.42 Å². The molecular formula is C13H25BO3. The number of hydrogen-bond donors (Lipinski definition) is 0. The van der Waals surface area contributed by atoms with E-state index < -0.39 is 0 Å². The van der Waals surface area contributed by atoms with Gasteiger partial charge in [-0.05, 0) is 46.4 Å². The second-order valence-electron chi connectivity index (χ2n) is 6.41. The molecule has 0 radical (unpaired) electrons. The third kappa shape index (κ3) is 2.54. The van der Waals surface area contributed by atoms with E-state index in [0.29, 0.717) is 11.9 Å². The molecule has 98 valence electrons. The van der Waals surface area contributed by atoms with E-state index in [1.54, 1.807) is 7.11 Å². The first-order valence-corrected chi connectivity index (χ1v) is 6.74. The average Bonchev–Trinajstić information content (AvgIpc) is 2.48. The molecule has 1 saturated carbocycles. The van der Waals surface area contributed by atoms with Crippen LogP contribution in [-0.4, -0.2) is 31.5 Å². The molecule has 1 heterocycles. The summed E-state index contributed by atoms with van der Waals surface area (Å²) in [6.45, 7) is 8.46. The summed E-state index contributed by atoms with van der Waals surface area (Å²) in [6.07, 6.45) is 5.02. The largest absolute Gasteiger partial charge is 0.461 e. The lowest BCUT2D eigenvalue weighted by atomic mass is 9.64. The minimum absolute atomic E-state index is 0.0575. The van der Waals surface area contributed by atoms with Crippen molar-refractivity contribution in [1.29, 1.82) is 0 Å². The summed E-state index contributed by atoms with van der Waals surface area (Å²) in [5.74, 6) is 0.481. The molecule has 0 aromatic rings. The second kappa shape index (κ2) is 4.56. The summed E-state index contributed by atoms with van der Waals surface area (Å²) < 4.78 is 17.7. The van der Waals surface area contributed by atoms with Gasteiger partial charge in [-0.15, -0.1) is 0 Å². The van der Waals surface area contributed by atoms with Crippen molar-refractivity contribution < 1.29 is 14.0 Å². The van der Waals surface area contributed by atoms with Crippen molar-refractivity contribution in [1.82, 2.24) is 0 Å². The first-order chi connectivity index (χ1) is 7.86. The molecule has 1 aliphatic carbocycles. The molecule has 17 heavy (non-hydrogen) atoms. The molecule has 0 spiro atoms. The molecule has 0 amide bonds. The van der Waals surface area contributed by atoms with Gasteiger partial charge in [0.2, 0.25) is 0 Å². The van der Waals surface area contributed by atoms with E-state index in [1.807, 2.05) is 0 Å². The molecule has 0 N–H and O–H groups in total. The Labute approximate surface area is 105 Å². The Morgan fingerprint density at radius 3 is 2.18 bits per heavy atom. The Bertz CT molecular complexity index is 262. The highest BCUT2D eigenvalue weighted by atomic mass is 16.7. The SMILES string of the molecule is COC1CCCC(B2OC(C)(C)C(C)(C)O2)C1. The summed E-state index contributed by atoms with van der Waals surface area (Å²) in [4.78, 5) is 0. The number of ether oxygens (including phenoxy) is 1. The fourth-order valence-electron chi connectivity index (χ4n) is 2.72. The van der Waals surface area contributed by atoms with Gasteiger partial charge in [0.15, 0.2) is 0 Å². The molecule has 2 fully saturated rings. The van der Waals surface area contributed by atoms with Crippen LogP contribution in [0.2, 0.25) is 5.82 Å². The Morgan fingerprint density at radius 2 is 1.65 bits per heavy atom. The maximum atomic E-state index is 6.12. The van der Waals surface area contributed by atoms with Gasteiger partial charge in [0.25, 0.3) is 0 Å². The molecule has 2 unspecified atom stereocenters. The average molecular weight is 240 g/mol. The lowest BCUT2D eigenvalue weighted by molar-refractivity contribution is 0.00578. The molecule has 3 nitrogen and oxygen atoms in total. The highest BCUT2D eigenvalue weighted by molar-refractivity contribution is 6.47. The maximum absolute atomic E-state index is 6.12. The van der Waals surface area contributed by atoms with Crippen molar-refractivity contribution >= 4 is 7.12 Å². The van der Waals surface area contributed by atoms with Crippen LogP contribution in [0.4, 0.5) is 0 Å². The number of rotatable bonds is 2. The molecular weight excluding hydrogens is 215 g/mol. The molecule has 0 bridgehead atoms. The van der Waals surface area contributed by atoms with Crippen LogP contribution in [-0.2, 0) is 14.0 Å². The van der Waals surface area contributed by atoms with Gasteiger partial charge in [0.05, 0.1) is 17.3 Å². The Morgan fingerprint density at radius 1 is 1.06 bits per heavy atom. The van der Waals surface area contributed by atoms with Crippen molar-refractivity contribution in [2.24, 2.45) is 0 Å². The van der Waals surface area contributed by atoms with Crippen LogP contribution in [0.3, 0.4) is 0 Å². The standard InChI is InChI=1S/C13H25BO3/c1-12(2)13(3,4)17-14(16-12)10-7-6-8-11(9-10)15-5/h10-11H,6-9H2,1-5H3. The first-order valence-electron chi connectivity index (χ1n) is 6.74. The van der Waals surface area contributed by atoms with Gasteiger partial charge >= 0.3 is 7.12 Å². The van der Waals surface area contributed by atoms with Gasteiger partial charge in [-0.2, -0.15) is 0 Å². The molecule has 0 aromatic carbocycles. The van der Waals surface area contributed by atoms with E-state index in [-0.39, 0.29) is 18.3 Å². The lowest BCUT2D eigenvalue weighted by Crippen LogP contribution is -2.41. The van der Waals surface area contributed by atoms with Crippen LogP contribution in [0.5, 0.6) is 0 Å². The van der Waals surface area contributed by atoms with Crippen molar-refractivity contribution in [3.8, 4) is 0 Å². The predicted octanol–water partition coefficient (Wildman–Crippen LogP) is 3.04. The van der Waals surface area contributed by atoms with Crippen LogP contribution < -0.4 is 0 Å². The highest BCUT2D eigenvalue weighted by Gasteiger charge is 2.54. The molecule has 4 heteroatoms. The molecule has 0 aromatic heterocycles. The van der Waals surface area contributed by atoms with Crippen LogP contribution in [0.1, 0.15) is 53.4 Å². The molecule has 2 rings (SSSR count). The van der Waals surface area contributed by atoms with Crippen molar-refractivity contribution in [3.63, 3.8) is 0 Å².